The van der Waals surface area contributed by atoms with Crippen LogP contribution in [0.2, 0.25) is 0 Å². The van der Waals surface area contributed by atoms with Crippen molar-refractivity contribution in [2.45, 2.75) is 18.7 Å². The highest BCUT2D eigenvalue weighted by molar-refractivity contribution is 6.03. The molecule has 0 aliphatic carbocycles. The smallest absolute Gasteiger partial charge is 0.380 e. The summed E-state index contributed by atoms with van der Waals surface area (Å²) < 4.78 is 41.6. The normalized spacial score (nSPS) is 11.5. The van der Waals surface area contributed by atoms with Crippen LogP contribution in [0.3, 0.4) is 0 Å². The van der Waals surface area contributed by atoms with Crippen LogP contribution in [0.25, 0.3) is 16.7 Å². The van der Waals surface area contributed by atoms with Gasteiger partial charge < -0.3 is 15.7 Å². The molecule has 176 valence electrons. The molecule has 3 aromatic rings. The quantitative estimate of drug-likeness (QED) is 0.422. The molecule has 1 atom stereocenters. The van der Waals surface area contributed by atoms with Crippen LogP contribution >= 0.6 is 0 Å². The first-order chi connectivity index (χ1) is 16.1. The van der Waals surface area contributed by atoms with Crippen molar-refractivity contribution < 1.29 is 27.9 Å². The predicted octanol–water partition coefficient (Wildman–Crippen LogP) is 1.98. The highest BCUT2D eigenvalue weighted by Gasteiger charge is 2.31. The third-order valence-corrected chi connectivity index (χ3v) is 4.48. The summed E-state index contributed by atoms with van der Waals surface area (Å²) in [5.74, 6) is 4.15. The minimum Gasteiger partial charge on any atom is -0.380 e. The van der Waals surface area contributed by atoms with E-state index in [-0.39, 0.29) is 35.6 Å². The highest BCUT2D eigenvalue weighted by atomic mass is 19.4. The third-order valence-electron chi connectivity index (χ3n) is 4.48. The van der Waals surface area contributed by atoms with Crippen molar-refractivity contribution in [3.05, 3.63) is 53.3 Å². The van der Waals surface area contributed by atoms with Crippen LogP contribution in [0, 0.1) is 24.7 Å². The van der Waals surface area contributed by atoms with E-state index < -0.39 is 23.8 Å². The summed E-state index contributed by atoms with van der Waals surface area (Å²) in [6, 6.07) is 6.11. The number of amides is 2. The van der Waals surface area contributed by atoms with E-state index in [0.717, 1.165) is 16.8 Å². The Morgan fingerprint density at radius 2 is 2.06 bits per heavy atom. The number of halogens is 3. The number of terminal acetylenes is 1. The van der Waals surface area contributed by atoms with Crippen LogP contribution in [0.1, 0.15) is 28.0 Å². The molecule has 0 radical (unpaired) electrons. The maximum absolute atomic E-state index is 13.5. The van der Waals surface area contributed by atoms with E-state index in [2.05, 4.69) is 34.8 Å². The molecule has 3 N–H and O–H groups in total. The van der Waals surface area contributed by atoms with E-state index in [9.17, 15) is 27.9 Å². The van der Waals surface area contributed by atoms with Crippen LogP contribution in [0.15, 0.2) is 36.5 Å². The maximum Gasteiger partial charge on any atom is 0.416 e. The van der Waals surface area contributed by atoms with E-state index in [1.165, 1.54) is 30.3 Å². The lowest BCUT2D eigenvalue weighted by Gasteiger charge is -2.11. The molecular weight excluding hydrogens is 451 g/mol. The third kappa shape index (κ3) is 6.12. The molecule has 0 aliphatic heterocycles. The van der Waals surface area contributed by atoms with Crippen LogP contribution in [-0.2, 0) is 11.0 Å². The Labute approximate surface area is 193 Å². The number of benzene rings is 1. The van der Waals surface area contributed by atoms with Gasteiger partial charge in [0.25, 0.3) is 5.91 Å². The highest BCUT2D eigenvalue weighted by Crippen LogP contribution is 2.32. The summed E-state index contributed by atoms with van der Waals surface area (Å²) in [7, 11) is 1.52. The molecule has 0 fully saturated rings. The standard InChI is InChI=1S/C21H18F3N5O3.C2H2/c1-28(12-30)8-6-16(31)5-4-13-9-14(21(22,23)24)11-15(10-13)29-20-17(3-2-7-26-20)18(27-29)19(25)32;1-2/h2-3,7,9-12,16,31H,6,8H2,1H3,(H2,25,32);1-2H/t16-;/m0./s1. The first-order valence-corrected chi connectivity index (χ1v) is 9.65. The van der Waals surface area contributed by atoms with Gasteiger partial charge in [-0.1, -0.05) is 11.8 Å². The molecule has 0 saturated heterocycles. The second-order valence-corrected chi connectivity index (χ2v) is 6.93. The molecular formula is C23H20F3N5O3. The van der Waals surface area contributed by atoms with E-state index in [4.69, 9.17) is 5.73 Å². The van der Waals surface area contributed by atoms with E-state index in [1.807, 2.05) is 0 Å². The van der Waals surface area contributed by atoms with Gasteiger partial charge >= 0.3 is 6.18 Å². The van der Waals surface area contributed by atoms with E-state index in [1.54, 1.807) is 6.07 Å². The molecule has 2 amide bonds. The van der Waals surface area contributed by atoms with Gasteiger partial charge in [0.05, 0.1) is 16.6 Å². The zero-order valence-electron chi connectivity index (χ0n) is 18.0. The molecule has 0 unspecified atom stereocenters. The topological polar surface area (TPSA) is 114 Å². The second-order valence-electron chi connectivity index (χ2n) is 6.93. The number of aliphatic hydroxyl groups is 1. The molecule has 0 saturated carbocycles. The summed E-state index contributed by atoms with van der Waals surface area (Å²) in [5.41, 5.74) is 4.31. The van der Waals surface area contributed by atoms with Gasteiger partial charge in [-0.15, -0.1) is 12.8 Å². The molecule has 1 aromatic carbocycles. The molecule has 3 rings (SSSR count). The van der Waals surface area contributed by atoms with Crippen molar-refractivity contribution in [2.24, 2.45) is 5.73 Å². The van der Waals surface area contributed by atoms with Gasteiger partial charge in [-0.2, -0.15) is 18.3 Å². The molecule has 11 heteroatoms. The molecule has 0 spiro atoms. The molecule has 34 heavy (non-hydrogen) atoms. The number of nitrogens with zero attached hydrogens (tertiary/aromatic N) is 4. The lowest BCUT2D eigenvalue weighted by molar-refractivity contribution is -0.137. The van der Waals surface area contributed by atoms with Crippen molar-refractivity contribution in [1.82, 2.24) is 19.7 Å². The molecule has 8 nitrogen and oxygen atoms in total. The van der Waals surface area contributed by atoms with Gasteiger partial charge in [0, 0.05) is 31.8 Å². The van der Waals surface area contributed by atoms with Crippen LogP contribution in [0.4, 0.5) is 13.2 Å². The Balaban J connectivity index is 0.00000199. The Hall–Kier alpha value is -4.35. The van der Waals surface area contributed by atoms with Crippen LogP contribution in [-0.4, -0.2) is 56.8 Å². The number of aliphatic hydroxyl groups excluding tert-OH is 1. The number of carbonyl (C=O) groups excluding carboxylic acids is 2. The molecule has 2 aromatic heterocycles. The number of hydrogen-bond donors (Lipinski definition) is 2. The molecule has 2 heterocycles. The van der Waals surface area contributed by atoms with E-state index in [0.29, 0.717) is 11.8 Å². The monoisotopic (exact) mass is 471 g/mol. The molecule has 0 aliphatic rings. The summed E-state index contributed by atoms with van der Waals surface area (Å²) in [6.07, 6.45) is 4.29. The van der Waals surface area contributed by atoms with Gasteiger partial charge in [0.2, 0.25) is 6.41 Å². The van der Waals surface area contributed by atoms with Gasteiger partial charge in [-0.3, -0.25) is 9.59 Å². The SMILES string of the molecule is C#C.CN(C=O)CC[C@@H](O)C#Cc1cc(-n2nc(C(N)=O)c3cccnc32)cc(C(F)(F)F)c1. The van der Waals surface area contributed by atoms with Gasteiger partial charge in [-0.05, 0) is 30.3 Å². The van der Waals surface area contributed by atoms with Gasteiger partial charge in [-0.25, -0.2) is 9.67 Å². The fraction of sp³-hybridized carbons (Fsp3) is 0.217. The average Bonchev–Trinajstić information content (AvgIpc) is 3.22. The summed E-state index contributed by atoms with van der Waals surface area (Å²) in [4.78, 5) is 27.7. The number of hydrogen-bond acceptors (Lipinski definition) is 5. The number of rotatable bonds is 6. The number of aromatic nitrogens is 3. The fourth-order valence-corrected chi connectivity index (χ4v) is 2.90. The zero-order chi connectivity index (χ0) is 25.5. The van der Waals surface area contributed by atoms with E-state index >= 15 is 0 Å². The summed E-state index contributed by atoms with van der Waals surface area (Å²) in [5, 5.41) is 14.3. The molecule has 0 bridgehead atoms. The first kappa shape index (κ1) is 25.9. The minimum absolute atomic E-state index is 0.0298. The number of primary amides is 1. The summed E-state index contributed by atoms with van der Waals surface area (Å²) in [6.45, 7) is 0.230. The summed E-state index contributed by atoms with van der Waals surface area (Å²) >= 11 is 0. The minimum atomic E-state index is -4.68. The zero-order valence-corrected chi connectivity index (χ0v) is 18.0. The number of alkyl halides is 3. The number of nitrogens with two attached hydrogens (primary N) is 1. The lowest BCUT2D eigenvalue weighted by Crippen LogP contribution is -2.21. The first-order valence-electron chi connectivity index (χ1n) is 9.65. The van der Waals surface area contributed by atoms with Crippen molar-refractivity contribution in [1.29, 1.82) is 0 Å². The Morgan fingerprint density at radius 1 is 1.35 bits per heavy atom. The number of pyridine rings is 1. The Kier molecular flexibility index (Phi) is 8.37. The predicted molar refractivity (Wildman–Crippen MR) is 118 cm³/mol. The number of carbonyl (C=O) groups is 2. The maximum atomic E-state index is 13.5. The Bertz CT molecular complexity index is 1270. The van der Waals surface area contributed by atoms with Gasteiger partial charge in [0.15, 0.2) is 11.3 Å². The van der Waals surface area contributed by atoms with Crippen molar-refractivity contribution >= 4 is 23.4 Å². The van der Waals surface area contributed by atoms with Crippen molar-refractivity contribution in [3.63, 3.8) is 0 Å². The van der Waals surface area contributed by atoms with Crippen LogP contribution in [0.5, 0.6) is 0 Å². The number of fused-ring (bicyclic) bond motifs is 1. The second kappa shape index (κ2) is 11.0. The fourth-order valence-electron chi connectivity index (χ4n) is 2.90. The van der Waals surface area contributed by atoms with Gasteiger partial charge in [0.1, 0.15) is 6.10 Å². The average molecular weight is 471 g/mol. The lowest BCUT2D eigenvalue weighted by atomic mass is 10.1. The largest absolute Gasteiger partial charge is 0.416 e. The van der Waals surface area contributed by atoms with Crippen LogP contribution < -0.4 is 5.73 Å². The van der Waals surface area contributed by atoms with Crippen molar-refractivity contribution in [2.75, 3.05) is 13.6 Å². The van der Waals surface area contributed by atoms with Crippen molar-refractivity contribution in [3.8, 4) is 30.4 Å². The Morgan fingerprint density at radius 3 is 2.68 bits per heavy atom.